The van der Waals surface area contributed by atoms with Crippen LogP contribution in [0.1, 0.15) is 18.6 Å². The van der Waals surface area contributed by atoms with Crippen LogP contribution in [-0.4, -0.2) is 23.8 Å². The van der Waals surface area contributed by atoms with Gasteiger partial charge in [-0.25, -0.2) is 0 Å². The molecule has 6 heteroatoms. The smallest absolute Gasteiger partial charge is 0.225 e. The van der Waals surface area contributed by atoms with E-state index in [9.17, 15) is 4.79 Å². The number of amides is 1. The predicted octanol–water partition coefficient (Wildman–Crippen LogP) is 2.54. The van der Waals surface area contributed by atoms with Crippen molar-refractivity contribution < 1.29 is 18.8 Å². The molecule has 21 heavy (non-hydrogen) atoms. The highest BCUT2D eigenvalue weighted by atomic mass is 16.6. The van der Waals surface area contributed by atoms with Crippen LogP contribution in [0.3, 0.4) is 0 Å². The van der Waals surface area contributed by atoms with Crippen molar-refractivity contribution in [2.45, 2.75) is 25.9 Å². The molecule has 0 spiro atoms. The molecular formula is C15H16N2O4. The average molecular weight is 288 g/mol. The first-order valence-electron chi connectivity index (χ1n) is 6.82. The quantitative estimate of drug-likeness (QED) is 0.935. The zero-order chi connectivity index (χ0) is 14.7. The molecule has 0 saturated heterocycles. The summed E-state index contributed by atoms with van der Waals surface area (Å²) >= 11 is 0. The SMILES string of the molecule is Cc1cc(NC(=O)CC[C@H]2COc3ccccc3O2)no1. The van der Waals surface area contributed by atoms with Gasteiger partial charge < -0.3 is 19.3 Å². The van der Waals surface area contributed by atoms with Gasteiger partial charge in [-0.3, -0.25) is 4.79 Å². The Bertz CT molecular complexity index is 638. The second-order valence-corrected chi connectivity index (χ2v) is 4.91. The Morgan fingerprint density at radius 3 is 2.95 bits per heavy atom. The van der Waals surface area contributed by atoms with Crippen LogP contribution in [0.25, 0.3) is 0 Å². The first-order valence-corrected chi connectivity index (χ1v) is 6.82. The van der Waals surface area contributed by atoms with E-state index in [4.69, 9.17) is 14.0 Å². The van der Waals surface area contributed by atoms with E-state index in [0.29, 0.717) is 31.0 Å². The number of hydrogen-bond donors (Lipinski definition) is 1. The minimum Gasteiger partial charge on any atom is -0.486 e. The van der Waals surface area contributed by atoms with Crippen molar-refractivity contribution in [2.24, 2.45) is 0 Å². The van der Waals surface area contributed by atoms with Gasteiger partial charge in [0.2, 0.25) is 5.91 Å². The van der Waals surface area contributed by atoms with Crippen molar-refractivity contribution in [3.05, 3.63) is 36.1 Å². The van der Waals surface area contributed by atoms with Crippen molar-refractivity contribution in [1.82, 2.24) is 5.16 Å². The molecule has 0 unspecified atom stereocenters. The number of anilines is 1. The molecule has 0 aliphatic carbocycles. The highest BCUT2D eigenvalue weighted by molar-refractivity contribution is 5.89. The maximum absolute atomic E-state index is 11.8. The van der Waals surface area contributed by atoms with Crippen molar-refractivity contribution in [3.63, 3.8) is 0 Å². The lowest BCUT2D eigenvalue weighted by Crippen LogP contribution is -2.30. The number of hydrogen-bond acceptors (Lipinski definition) is 5. The number of nitrogens with one attached hydrogen (secondary N) is 1. The van der Waals surface area contributed by atoms with Gasteiger partial charge in [0.15, 0.2) is 17.3 Å². The second kappa shape index (κ2) is 5.87. The van der Waals surface area contributed by atoms with Crippen molar-refractivity contribution in [2.75, 3.05) is 11.9 Å². The lowest BCUT2D eigenvalue weighted by Gasteiger charge is -2.26. The van der Waals surface area contributed by atoms with Crippen LogP contribution in [-0.2, 0) is 4.79 Å². The Morgan fingerprint density at radius 2 is 2.19 bits per heavy atom. The largest absolute Gasteiger partial charge is 0.486 e. The van der Waals surface area contributed by atoms with E-state index in [-0.39, 0.29) is 12.0 Å². The monoisotopic (exact) mass is 288 g/mol. The number of ether oxygens (including phenoxy) is 2. The van der Waals surface area contributed by atoms with Gasteiger partial charge in [-0.15, -0.1) is 0 Å². The zero-order valence-electron chi connectivity index (χ0n) is 11.7. The summed E-state index contributed by atoms with van der Waals surface area (Å²) in [6, 6.07) is 9.19. The van der Waals surface area contributed by atoms with Crippen LogP contribution in [0, 0.1) is 6.92 Å². The standard InChI is InChI=1S/C15H16N2O4/c1-10-8-14(17-21-10)16-15(18)7-6-11-9-19-12-4-2-3-5-13(12)20-11/h2-5,8,11H,6-7,9H2,1H3,(H,16,17,18)/t11-/m0/s1. The summed E-state index contributed by atoms with van der Waals surface area (Å²) in [5, 5.41) is 6.40. The number of carbonyl (C=O) groups excluding carboxylic acids is 1. The Balaban J connectivity index is 1.49. The highest BCUT2D eigenvalue weighted by Gasteiger charge is 2.21. The van der Waals surface area contributed by atoms with Crippen molar-refractivity contribution in [3.8, 4) is 11.5 Å². The van der Waals surface area contributed by atoms with E-state index in [1.807, 2.05) is 24.3 Å². The number of rotatable bonds is 4. The average Bonchev–Trinajstić information content (AvgIpc) is 2.90. The topological polar surface area (TPSA) is 73.6 Å². The third kappa shape index (κ3) is 3.34. The van der Waals surface area contributed by atoms with E-state index < -0.39 is 0 Å². The Morgan fingerprint density at radius 1 is 1.38 bits per heavy atom. The Hall–Kier alpha value is -2.50. The van der Waals surface area contributed by atoms with Crippen LogP contribution < -0.4 is 14.8 Å². The molecule has 110 valence electrons. The third-order valence-corrected chi connectivity index (χ3v) is 3.16. The second-order valence-electron chi connectivity index (χ2n) is 4.91. The van der Waals surface area contributed by atoms with Gasteiger partial charge >= 0.3 is 0 Å². The van der Waals surface area contributed by atoms with E-state index >= 15 is 0 Å². The summed E-state index contributed by atoms with van der Waals surface area (Å²) in [5.41, 5.74) is 0. The number of benzene rings is 1. The van der Waals surface area contributed by atoms with Gasteiger partial charge in [0.25, 0.3) is 0 Å². The highest BCUT2D eigenvalue weighted by Crippen LogP contribution is 2.31. The Kier molecular flexibility index (Phi) is 3.77. The van der Waals surface area contributed by atoms with Gasteiger partial charge in [-0.1, -0.05) is 17.3 Å². The third-order valence-electron chi connectivity index (χ3n) is 3.16. The van der Waals surface area contributed by atoms with E-state index in [1.165, 1.54) is 0 Å². The van der Waals surface area contributed by atoms with Gasteiger partial charge in [-0.05, 0) is 25.5 Å². The number of fused-ring (bicyclic) bond motifs is 1. The van der Waals surface area contributed by atoms with Gasteiger partial charge in [0.1, 0.15) is 18.5 Å². The fraction of sp³-hybridized carbons (Fsp3) is 0.333. The molecule has 3 rings (SSSR count). The molecular weight excluding hydrogens is 272 g/mol. The van der Waals surface area contributed by atoms with Gasteiger partial charge in [0.05, 0.1) is 0 Å². The minimum atomic E-state index is -0.121. The molecule has 0 bridgehead atoms. The molecule has 1 aliphatic rings. The molecule has 1 atom stereocenters. The van der Waals surface area contributed by atoms with Crippen LogP contribution >= 0.6 is 0 Å². The summed E-state index contributed by atoms with van der Waals surface area (Å²) < 4.78 is 16.3. The minimum absolute atomic E-state index is 0.120. The molecule has 1 aromatic heterocycles. The molecule has 1 amide bonds. The maximum Gasteiger partial charge on any atom is 0.225 e. The summed E-state index contributed by atoms with van der Waals surface area (Å²) in [6.45, 7) is 2.22. The van der Waals surface area contributed by atoms with Crippen molar-refractivity contribution in [1.29, 1.82) is 0 Å². The number of aromatic nitrogens is 1. The van der Waals surface area contributed by atoms with Crippen LogP contribution in [0.5, 0.6) is 11.5 Å². The molecule has 0 fully saturated rings. The zero-order valence-corrected chi connectivity index (χ0v) is 11.7. The molecule has 2 heterocycles. The van der Waals surface area contributed by atoms with Crippen LogP contribution in [0.15, 0.2) is 34.9 Å². The molecule has 0 saturated carbocycles. The molecule has 1 N–H and O–H groups in total. The number of carbonyl (C=O) groups is 1. The summed E-state index contributed by atoms with van der Waals surface area (Å²) in [7, 11) is 0. The molecule has 6 nitrogen and oxygen atoms in total. The molecule has 1 aliphatic heterocycles. The number of nitrogens with zero attached hydrogens (tertiary/aromatic N) is 1. The fourth-order valence-electron chi connectivity index (χ4n) is 2.13. The first kappa shape index (κ1) is 13.5. The number of aryl methyl sites for hydroxylation is 1. The molecule has 0 radical (unpaired) electrons. The molecule has 2 aromatic rings. The van der Waals surface area contributed by atoms with Gasteiger partial charge in [-0.2, -0.15) is 0 Å². The lowest BCUT2D eigenvalue weighted by molar-refractivity contribution is -0.116. The van der Waals surface area contributed by atoms with Crippen molar-refractivity contribution >= 4 is 11.7 Å². The van der Waals surface area contributed by atoms with Gasteiger partial charge in [0, 0.05) is 12.5 Å². The van der Waals surface area contributed by atoms with E-state index in [2.05, 4.69) is 10.5 Å². The van der Waals surface area contributed by atoms with Crippen LogP contribution in [0.4, 0.5) is 5.82 Å². The fourth-order valence-corrected chi connectivity index (χ4v) is 2.13. The lowest BCUT2D eigenvalue weighted by atomic mass is 10.1. The van der Waals surface area contributed by atoms with Crippen LogP contribution in [0.2, 0.25) is 0 Å². The summed E-state index contributed by atoms with van der Waals surface area (Å²) in [5.74, 6) is 2.44. The predicted molar refractivity (Wildman–Crippen MR) is 75.5 cm³/mol. The molecule has 1 aromatic carbocycles. The maximum atomic E-state index is 11.8. The number of para-hydroxylation sites is 2. The van der Waals surface area contributed by atoms with E-state index in [0.717, 1.165) is 11.5 Å². The summed E-state index contributed by atoms with van der Waals surface area (Å²) in [4.78, 5) is 11.8. The first-order chi connectivity index (χ1) is 10.2. The Labute approximate surface area is 122 Å². The summed E-state index contributed by atoms with van der Waals surface area (Å²) in [6.07, 6.45) is 0.795. The normalized spacial score (nSPS) is 16.5. The van der Waals surface area contributed by atoms with E-state index in [1.54, 1.807) is 13.0 Å².